The molecule has 1 fully saturated rings. The average molecular weight is 281 g/mol. The highest BCUT2D eigenvalue weighted by molar-refractivity contribution is 5.43. The van der Waals surface area contributed by atoms with Crippen molar-refractivity contribution in [3.05, 3.63) is 64.7 Å². The van der Waals surface area contributed by atoms with Crippen molar-refractivity contribution in [2.75, 3.05) is 0 Å². The summed E-state index contributed by atoms with van der Waals surface area (Å²) in [7, 11) is 0. The summed E-state index contributed by atoms with van der Waals surface area (Å²) in [6, 6.07) is 14.8. The maximum absolute atomic E-state index is 6.34. The number of hydrogen-bond donors (Lipinski definition) is 1. The fraction of sp³-hybridized carbons (Fsp3) is 0.368. The molecule has 1 aliphatic carbocycles. The van der Waals surface area contributed by atoms with E-state index in [9.17, 15) is 0 Å². The minimum absolute atomic E-state index is 0.187. The van der Waals surface area contributed by atoms with E-state index in [0.717, 1.165) is 5.75 Å². The Bertz CT molecular complexity index is 617. The van der Waals surface area contributed by atoms with Crippen LogP contribution in [0.4, 0.5) is 0 Å². The number of ether oxygens (including phenoxy) is 1. The van der Waals surface area contributed by atoms with Crippen molar-refractivity contribution in [3.63, 3.8) is 0 Å². The summed E-state index contributed by atoms with van der Waals surface area (Å²) in [6.07, 6.45) is 2.54. The van der Waals surface area contributed by atoms with Gasteiger partial charge in [-0.1, -0.05) is 36.4 Å². The van der Waals surface area contributed by atoms with Crippen molar-refractivity contribution in [3.8, 4) is 5.75 Å². The van der Waals surface area contributed by atoms with Gasteiger partial charge in [0, 0.05) is 6.04 Å². The molecule has 0 amide bonds. The summed E-state index contributed by atoms with van der Waals surface area (Å²) < 4.78 is 5.97. The molecule has 110 valence electrons. The smallest absolute Gasteiger partial charge is 0.123 e. The first-order valence-corrected chi connectivity index (χ1v) is 7.68. The van der Waals surface area contributed by atoms with Crippen molar-refractivity contribution in [2.24, 2.45) is 11.7 Å². The third kappa shape index (κ3) is 3.27. The van der Waals surface area contributed by atoms with Gasteiger partial charge in [-0.3, -0.25) is 0 Å². The molecule has 0 aromatic heterocycles. The molecule has 0 saturated heterocycles. The molecule has 0 spiro atoms. The van der Waals surface area contributed by atoms with Gasteiger partial charge in [0.15, 0.2) is 0 Å². The Kier molecular flexibility index (Phi) is 3.98. The summed E-state index contributed by atoms with van der Waals surface area (Å²) in [4.78, 5) is 0. The van der Waals surface area contributed by atoms with E-state index in [1.165, 1.54) is 35.1 Å². The van der Waals surface area contributed by atoms with Crippen LogP contribution in [0, 0.1) is 19.8 Å². The van der Waals surface area contributed by atoms with Gasteiger partial charge in [-0.25, -0.2) is 0 Å². The molecule has 0 bridgehead atoms. The number of aryl methyl sites for hydroxylation is 2. The molecule has 0 aliphatic heterocycles. The lowest BCUT2D eigenvalue weighted by Crippen LogP contribution is -2.14. The SMILES string of the molecule is Cc1cc(C(N)C2CC2)c(C)cc1OCc1ccccc1. The first-order chi connectivity index (χ1) is 10.1. The fourth-order valence-corrected chi connectivity index (χ4v) is 2.77. The summed E-state index contributed by atoms with van der Waals surface area (Å²) in [5, 5.41) is 0. The topological polar surface area (TPSA) is 35.2 Å². The molecule has 2 aromatic rings. The minimum Gasteiger partial charge on any atom is -0.489 e. The molecule has 1 unspecified atom stereocenters. The molecule has 2 aromatic carbocycles. The van der Waals surface area contributed by atoms with Crippen LogP contribution in [0.15, 0.2) is 42.5 Å². The largest absolute Gasteiger partial charge is 0.489 e. The first-order valence-electron chi connectivity index (χ1n) is 7.68. The van der Waals surface area contributed by atoms with Gasteiger partial charge in [-0.15, -0.1) is 0 Å². The molecular weight excluding hydrogens is 258 g/mol. The number of benzene rings is 2. The molecule has 2 heteroatoms. The fourth-order valence-electron chi connectivity index (χ4n) is 2.77. The summed E-state index contributed by atoms with van der Waals surface area (Å²) in [5.74, 6) is 1.64. The van der Waals surface area contributed by atoms with E-state index < -0.39 is 0 Å². The Morgan fingerprint density at radius 1 is 1.10 bits per heavy atom. The van der Waals surface area contributed by atoms with Crippen LogP contribution in [0.3, 0.4) is 0 Å². The summed E-state index contributed by atoms with van der Waals surface area (Å²) in [6.45, 7) is 4.84. The monoisotopic (exact) mass is 281 g/mol. The van der Waals surface area contributed by atoms with Gasteiger partial charge >= 0.3 is 0 Å². The van der Waals surface area contributed by atoms with Crippen LogP contribution in [0.25, 0.3) is 0 Å². The van der Waals surface area contributed by atoms with Crippen LogP contribution in [-0.2, 0) is 6.61 Å². The van der Waals surface area contributed by atoms with Gasteiger partial charge in [0.2, 0.25) is 0 Å². The Morgan fingerprint density at radius 2 is 1.81 bits per heavy atom. The molecule has 21 heavy (non-hydrogen) atoms. The molecule has 0 heterocycles. The van der Waals surface area contributed by atoms with Crippen LogP contribution in [0.2, 0.25) is 0 Å². The van der Waals surface area contributed by atoms with Gasteiger partial charge in [-0.2, -0.15) is 0 Å². The van der Waals surface area contributed by atoms with Gasteiger partial charge < -0.3 is 10.5 Å². The third-order valence-electron chi connectivity index (χ3n) is 4.29. The van der Waals surface area contributed by atoms with E-state index in [4.69, 9.17) is 10.5 Å². The van der Waals surface area contributed by atoms with E-state index in [2.05, 4.69) is 38.1 Å². The van der Waals surface area contributed by atoms with Crippen LogP contribution >= 0.6 is 0 Å². The molecule has 2 nitrogen and oxygen atoms in total. The van der Waals surface area contributed by atoms with E-state index in [1.54, 1.807) is 0 Å². The molecule has 0 radical (unpaired) electrons. The molecule has 3 rings (SSSR count). The second-order valence-corrected chi connectivity index (χ2v) is 6.11. The molecule has 1 saturated carbocycles. The van der Waals surface area contributed by atoms with E-state index in [1.807, 2.05) is 18.2 Å². The maximum Gasteiger partial charge on any atom is 0.123 e. The van der Waals surface area contributed by atoms with Crippen molar-refractivity contribution in [1.29, 1.82) is 0 Å². The lowest BCUT2D eigenvalue weighted by Gasteiger charge is -2.18. The Morgan fingerprint density at radius 3 is 2.48 bits per heavy atom. The predicted molar refractivity (Wildman–Crippen MR) is 86.3 cm³/mol. The molecule has 2 N–H and O–H groups in total. The molecule has 1 aliphatic rings. The number of nitrogens with two attached hydrogens (primary N) is 1. The third-order valence-corrected chi connectivity index (χ3v) is 4.29. The Hall–Kier alpha value is -1.80. The van der Waals surface area contributed by atoms with Crippen LogP contribution in [0.1, 0.15) is 41.1 Å². The lowest BCUT2D eigenvalue weighted by atomic mass is 9.96. The maximum atomic E-state index is 6.34. The van der Waals surface area contributed by atoms with Crippen molar-refractivity contribution in [1.82, 2.24) is 0 Å². The Labute approximate surface area is 126 Å². The lowest BCUT2D eigenvalue weighted by molar-refractivity contribution is 0.303. The number of rotatable bonds is 5. The van der Waals surface area contributed by atoms with E-state index >= 15 is 0 Å². The van der Waals surface area contributed by atoms with E-state index in [-0.39, 0.29) is 6.04 Å². The zero-order valence-corrected chi connectivity index (χ0v) is 12.8. The Balaban J connectivity index is 1.75. The number of hydrogen-bond acceptors (Lipinski definition) is 2. The quantitative estimate of drug-likeness (QED) is 0.887. The summed E-state index contributed by atoms with van der Waals surface area (Å²) in [5.41, 5.74) is 11.2. The van der Waals surface area contributed by atoms with Gasteiger partial charge in [0.25, 0.3) is 0 Å². The van der Waals surface area contributed by atoms with Gasteiger partial charge in [0.1, 0.15) is 12.4 Å². The predicted octanol–water partition coefficient (Wildman–Crippen LogP) is 4.29. The van der Waals surface area contributed by atoms with Crippen LogP contribution in [0.5, 0.6) is 5.75 Å². The van der Waals surface area contributed by atoms with E-state index in [0.29, 0.717) is 12.5 Å². The highest BCUT2D eigenvalue weighted by Crippen LogP contribution is 2.41. The zero-order valence-electron chi connectivity index (χ0n) is 12.8. The molecule has 1 atom stereocenters. The second-order valence-electron chi connectivity index (χ2n) is 6.11. The average Bonchev–Trinajstić information content (AvgIpc) is 3.33. The normalized spacial score (nSPS) is 15.8. The van der Waals surface area contributed by atoms with Crippen molar-refractivity contribution < 1.29 is 4.74 Å². The van der Waals surface area contributed by atoms with Crippen LogP contribution in [-0.4, -0.2) is 0 Å². The highest BCUT2D eigenvalue weighted by atomic mass is 16.5. The summed E-state index contributed by atoms with van der Waals surface area (Å²) >= 11 is 0. The van der Waals surface area contributed by atoms with Gasteiger partial charge in [0.05, 0.1) is 0 Å². The highest BCUT2D eigenvalue weighted by Gasteiger charge is 2.30. The standard InChI is InChI=1S/C19H23NO/c1-13-11-18(21-12-15-6-4-3-5-7-15)14(2)10-17(13)19(20)16-8-9-16/h3-7,10-11,16,19H,8-9,12,20H2,1-2H3. The van der Waals surface area contributed by atoms with Crippen molar-refractivity contribution in [2.45, 2.75) is 39.3 Å². The minimum atomic E-state index is 0.187. The van der Waals surface area contributed by atoms with Crippen LogP contribution < -0.4 is 10.5 Å². The molecular formula is C19H23NO. The van der Waals surface area contributed by atoms with Crippen molar-refractivity contribution >= 4 is 0 Å². The second kappa shape index (κ2) is 5.90. The zero-order chi connectivity index (χ0) is 14.8. The first kappa shape index (κ1) is 14.2. The van der Waals surface area contributed by atoms with Gasteiger partial charge in [-0.05, 0) is 60.9 Å².